The highest BCUT2D eigenvalue weighted by atomic mass is 35.5. The molecule has 370 valence electrons. The molecule has 0 aromatic heterocycles. The highest BCUT2D eigenvalue weighted by Crippen LogP contribution is 2.32. The van der Waals surface area contributed by atoms with E-state index < -0.39 is 0 Å². The van der Waals surface area contributed by atoms with E-state index in [2.05, 4.69) is 24.9 Å². The smallest absolute Gasteiger partial charge is 0.306 e. The van der Waals surface area contributed by atoms with Crippen molar-refractivity contribution in [2.75, 3.05) is 112 Å². The van der Waals surface area contributed by atoms with Crippen molar-refractivity contribution in [1.29, 1.82) is 0 Å². The molecular weight excluding hydrogens is 854 g/mol. The van der Waals surface area contributed by atoms with Crippen molar-refractivity contribution in [1.82, 2.24) is 24.9 Å². The van der Waals surface area contributed by atoms with Crippen molar-refractivity contribution in [3.05, 3.63) is 22.7 Å². The van der Waals surface area contributed by atoms with Crippen LogP contribution in [0.15, 0.2) is 12.1 Å². The maximum Gasteiger partial charge on any atom is 0.306 e. The van der Waals surface area contributed by atoms with E-state index in [1.165, 1.54) is 33.0 Å². The van der Waals surface area contributed by atoms with Crippen LogP contribution in [0.5, 0.6) is 5.75 Å². The summed E-state index contributed by atoms with van der Waals surface area (Å²) >= 11 is 6.29. The summed E-state index contributed by atoms with van der Waals surface area (Å²) in [6, 6.07) is 3.18. The van der Waals surface area contributed by atoms with E-state index in [4.69, 9.17) is 46.8 Å². The molecule has 8 aliphatic heterocycles. The number of nitrogens with zero attached hydrogens (tertiary/aromatic N) is 4. The predicted molar refractivity (Wildman–Crippen MR) is 253 cm³/mol. The predicted octanol–water partition coefficient (Wildman–Crippen LogP) is 4.18. The second-order valence-corrected chi connectivity index (χ2v) is 19.3. The number of hydrogen-bond acceptors (Lipinski definition) is 15. The van der Waals surface area contributed by atoms with Gasteiger partial charge < -0.3 is 60.3 Å². The Morgan fingerprint density at radius 3 is 1.83 bits per heavy atom. The molecule has 1 unspecified atom stereocenters. The number of likely N-dealkylation sites (tertiary alicyclic amines) is 2. The lowest BCUT2D eigenvalue weighted by Crippen LogP contribution is -2.55. The number of halogens is 1. The van der Waals surface area contributed by atoms with E-state index in [0.29, 0.717) is 42.7 Å². The van der Waals surface area contributed by atoms with E-state index in [0.717, 1.165) is 130 Å². The number of nitrogens with one attached hydrogen (secondary N) is 1. The highest BCUT2D eigenvalue weighted by Gasteiger charge is 2.37. The second kappa shape index (κ2) is 27.9. The summed E-state index contributed by atoms with van der Waals surface area (Å²) in [7, 11) is 4.89. The van der Waals surface area contributed by atoms with Crippen molar-refractivity contribution in [2.24, 2.45) is 17.6 Å². The van der Waals surface area contributed by atoms with Gasteiger partial charge in [0, 0.05) is 77.6 Å². The number of nitrogen functional groups attached to an aromatic ring is 1. The fraction of sp³-hybridized carbons (Fsp3) is 0.812. The molecule has 1 aromatic rings. The summed E-state index contributed by atoms with van der Waals surface area (Å²) in [6.45, 7) is 14.5. The van der Waals surface area contributed by atoms with Crippen molar-refractivity contribution in [3.63, 3.8) is 0 Å². The molecule has 9 rings (SSSR count). The lowest BCUT2D eigenvalue weighted by atomic mass is 9.86. The Morgan fingerprint density at radius 2 is 1.31 bits per heavy atom. The molecule has 6 atom stereocenters. The summed E-state index contributed by atoms with van der Waals surface area (Å²) in [5, 5.41) is 12.7. The first-order valence-electron chi connectivity index (χ1n) is 24.6. The van der Waals surface area contributed by atoms with Crippen LogP contribution >= 0.6 is 11.6 Å². The van der Waals surface area contributed by atoms with Gasteiger partial charge >= 0.3 is 11.9 Å². The Balaban J connectivity index is 0.000000232. The van der Waals surface area contributed by atoms with Crippen LogP contribution in [0, 0.1) is 11.8 Å². The fourth-order valence-electron chi connectivity index (χ4n) is 10.3. The Kier molecular flexibility index (Phi) is 22.8. The number of esters is 2. The summed E-state index contributed by atoms with van der Waals surface area (Å²) in [4.78, 5) is 46.0. The number of benzene rings is 1. The number of carbonyl (C=O) groups is 3. The zero-order valence-electron chi connectivity index (χ0n) is 39.9. The molecule has 8 heterocycles. The number of aliphatic hydroxyl groups is 1. The Morgan fingerprint density at radius 1 is 0.723 bits per heavy atom. The van der Waals surface area contributed by atoms with Crippen LogP contribution in [0.1, 0.15) is 107 Å². The van der Waals surface area contributed by atoms with E-state index in [1.54, 1.807) is 26.4 Å². The van der Waals surface area contributed by atoms with Gasteiger partial charge in [-0.25, -0.2) is 0 Å². The minimum atomic E-state index is -0.299. The molecule has 1 amide bonds. The second-order valence-electron chi connectivity index (χ2n) is 18.8. The van der Waals surface area contributed by atoms with Gasteiger partial charge in [-0.15, -0.1) is 0 Å². The highest BCUT2D eigenvalue weighted by molar-refractivity contribution is 6.34. The molecular formula is C48H82ClN7O9. The molecule has 4 bridgehead atoms. The third-order valence-corrected chi connectivity index (χ3v) is 14.6. The number of ether oxygens (including phenoxy) is 5. The van der Waals surface area contributed by atoms with Crippen LogP contribution in [0.2, 0.25) is 5.02 Å². The standard InChI is InChI=1S/C27H41ClN4O5.C14H28N2O3.C7H13NO/c1-35-22-15-19(29)14-20(28)26(22)27(34)30-21-9-13-31(17-24(21)36-2)10-5-3-4-6-25(33)37-23-16-32-11-7-18(23)8-12-32;1-3-19-14(17)7-5-4-6-9-16-10-8-12(15)13(11-16)18-2;9-7-5-8-3-1-6(7)2-4-8/h14-15,18,21,23-24H,3-13,16-17,29H2,1-2H3,(H,30,34);12-13H,3-11,15H2,1-2H3;6-7,9H,1-5H2/t21-,23?,24+;12-,13+;7-/m110/s1. The number of unbranched alkanes of at least 4 members (excludes halogenated alkanes) is 4. The number of rotatable bonds is 19. The fourth-order valence-corrected chi connectivity index (χ4v) is 10.6. The third kappa shape index (κ3) is 17.0. The van der Waals surface area contributed by atoms with E-state index in [-0.39, 0.29) is 64.9 Å². The van der Waals surface area contributed by atoms with E-state index in [9.17, 15) is 19.5 Å². The van der Waals surface area contributed by atoms with Crippen molar-refractivity contribution in [3.8, 4) is 5.75 Å². The molecule has 0 radical (unpaired) electrons. The first kappa shape index (κ1) is 53.2. The zero-order chi connectivity index (χ0) is 46.7. The van der Waals surface area contributed by atoms with Gasteiger partial charge in [0.25, 0.3) is 5.91 Å². The van der Waals surface area contributed by atoms with Gasteiger partial charge in [-0.3, -0.25) is 19.3 Å². The largest absolute Gasteiger partial charge is 0.496 e. The van der Waals surface area contributed by atoms with Gasteiger partial charge in [0.1, 0.15) is 17.4 Å². The van der Waals surface area contributed by atoms with E-state index >= 15 is 0 Å². The number of piperidine rings is 8. The van der Waals surface area contributed by atoms with Gasteiger partial charge in [0.15, 0.2) is 0 Å². The molecule has 17 heteroatoms. The Hall–Kier alpha value is -2.80. The minimum Gasteiger partial charge on any atom is -0.496 e. The van der Waals surface area contributed by atoms with Crippen LogP contribution in [0.25, 0.3) is 0 Å². The number of anilines is 1. The average Bonchev–Trinajstić information content (AvgIpc) is 3.30. The SMILES string of the molecule is CCOC(=O)CCCCCN1CC[C@@H](N)[C@@H](OC)C1.COc1cc(N)cc(Cl)c1C(=O)N[C@@H]1CCN(CCCCCC(=O)OC2CN3CCC2CC3)C[C@@H]1OC.O[C@H]1CN2CCC1CC2. The lowest BCUT2D eigenvalue weighted by molar-refractivity contribution is -0.159. The monoisotopic (exact) mass is 936 g/mol. The number of fused-ring (bicyclic) bond motifs is 6. The van der Waals surface area contributed by atoms with Crippen LogP contribution in [0.4, 0.5) is 5.69 Å². The summed E-state index contributed by atoms with van der Waals surface area (Å²) in [6.07, 6.45) is 13.6. The molecule has 0 saturated carbocycles. The van der Waals surface area contributed by atoms with Crippen LogP contribution in [0.3, 0.4) is 0 Å². The minimum absolute atomic E-state index is 0.00694. The zero-order valence-corrected chi connectivity index (χ0v) is 40.7. The maximum atomic E-state index is 13.0. The molecule has 16 nitrogen and oxygen atoms in total. The molecule has 8 aliphatic rings. The van der Waals surface area contributed by atoms with Crippen LogP contribution < -0.4 is 21.5 Å². The number of aliphatic hydroxyl groups excluding tert-OH is 1. The summed E-state index contributed by atoms with van der Waals surface area (Å²) in [5.74, 6) is 1.11. The van der Waals surface area contributed by atoms with Crippen LogP contribution in [-0.4, -0.2) is 186 Å². The lowest BCUT2D eigenvalue weighted by Gasteiger charge is -2.43. The van der Waals surface area contributed by atoms with Crippen molar-refractivity contribution in [2.45, 2.75) is 133 Å². The number of amides is 1. The molecule has 8 saturated heterocycles. The van der Waals surface area contributed by atoms with Crippen molar-refractivity contribution < 1.29 is 43.2 Å². The number of carbonyl (C=O) groups excluding carboxylic acids is 3. The van der Waals surface area contributed by atoms with E-state index in [1.807, 2.05) is 6.92 Å². The molecule has 1 aromatic carbocycles. The van der Waals surface area contributed by atoms with Crippen molar-refractivity contribution >= 4 is 35.1 Å². The third-order valence-electron chi connectivity index (χ3n) is 14.3. The normalized spacial score (nSPS) is 29.7. The van der Waals surface area contributed by atoms with Crippen LogP contribution in [-0.2, 0) is 28.5 Å². The quantitative estimate of drug-likeness (QED) is 0.0877. The number of methoxy groups -OCH3 is 3. The van der Waals surface area contributed by atoms with Gasteiger partial charge in [0.05, 0.1) is 43.1 Å². The summed E-state index contributed by atoms with van der Waals surface area (Å²) in [5.41, 5.74) is 12.5. The Labute approximate surface area is 393 Å². The molecule has 6 N–H and O–H groups in total. The Bertz CT molecular complexity index is 1600. The molecule has 0 spiro atoms. The van der Waals surface area contributed by atoms with Gasteiger partial charge in [-0.2, -0.15) is 0 Å². The molecule has 0 aliphatic carbocycles. The number of hydrogen-bond donors (Lipinski definition) is 4. The first-order chi connectivity index (χ1) is 31.4. The molecule has 8 fully saturated rings. The maximum absolute atomic E-state index is 13.0. The first-order valence-corrected chi connectivity index (χ1v) is 25.0. The summed E-state index contributed by atoms with van der Waals surface area (Å²) < 4.78 is 27.1. The molecule has 65 heavy (non-hydrogen) atoms. The van der Waals surface area contributed by atoms with Gasteiger partial charge in [-0.05, 0) is 135 Å². The van der Waals surface area contributed by atoms with Gasteiger partial charge in [0.2, 0.25) is 0 Å². The topological polar surface area (TPSA) is 195 Å². The average molecular weight is 937 g/mol. The number of nitrogens with two attached hydrogens (primary N) is 2. The van der Waals surface area contributed by atoms with Gasteiger partial charge in [-0.1, -0.05) is 24.4 Å².